The average molecular weight is 340 g/mol. The minimum Gasteiger partial charge on any atom is -0.351 e. The van der Waals surface area contributed by atoms with Crippen molar-refractivity contribution in [1.29, 1.82) is 0 Å². The van der Waals surface area contributed by atoms with Gasteiger partial charge in [0, 0.05) is 43.7 Å². The second-order valence-electron chi connectivity index (χ2n) is 5.38. The monoisotopic (exact) mass is 339 g/mol. The summed E-state index contributed by atoms with van der Waals surface area (Å²) < 4.78 is 0.847. The highest BCUT2D eigenvalue weighted by Crippen LogP contribution is 2.17. The van der Waals surface area contributed by atoms with Gasteiger partial charge in [0.15, 0.2) is 0 Å². The molecule has 0 aromatic heterocycles. The van der Waals surface area contributed by atoms with E-state index in [0.717, 1.165) is 42.8 Å². The number of hydrogen-bond donors (Lipinski definition) is 1. The number of hydrogen-bond acceptors (Lipinski definition) is 3. The summed E-state index contributed by atoms with van der Waals surface area (Å²) in [5, 5.41) is 3.00. The summed E-state index contributed by atoms with van der Waals surface area (Å²) in [7, 11) is 2.15. The molecule has 5 heteroatoms. The van der Waals surface area contributed by atoms with Gasteiger partial charge in [0.2, 0.25) is 0 Å². The summed E-state index contributed by atoms with van der Waals surface area (Å²) in [4.78, 5) is 16.9. The molecule has 1 fully saturated rings. The number of aryl methyl sites for hydroxylation is 1. The summed E-state index contributed by atoms with van der Waals surface area (Å²) in [5.74, 6) is -0.00491. The molecule has 0 radical (unpaired) electrons. The lowest BCUT2D eigenvalue weighted by Crippen LogP contribution is -2.46. The third-order valence-electron chi connectivity index (χ3n) is 3.68. The maximum Gasteiger partial charge on any atom is 0.252 e. The fraction of sp³-hybridized carbons (Fsp3) is 0.533. The van der Waals surface area contributed by atoms with Crippen molar-refractivity contribution < 1.29 is 4.79 Å². The van der Waals surface area contributed by atoms with E-state index in [2.05, 4.69) is 38.1 Å². The standard InChI is InChI=1S/C15H22BrN3O/c1-12-3-4-14(16)13(11-12)15(20)17-5-6-19-9-7-18(2)8-10-19/h3-4,11H,5-10H2,1-2H3,(H,17,20). The molecule has 1 aliphatic rings. The maximum absolute atomic E-state index is 12.1. The molecule has 0 bridgehead atoms. The Hall–Kier alpha value is -0.910. The number of amides is 1. The number of likely N-dealkylation sites (N-methyl/N-ethyl adjacent to an activating group) is 1. The molecule has 0 unspecified atom stereocenters. The summed E-state index contributed by atoms with van der Waals surface area (Å²) in [6, 6.07) is 5.82. The van der Waals surface area contributed by atoms with Gasteiger partial charge >= 0.3 is 0 Å². The highest BCUT2D eigenvalue weighted by molar-refractivity contribution is 9.10. The van der Waals surface area contributed by atoms with E-state index >= 15 is 0 Å². The summed E-state index contributed by atoms with van der Waals surface area (Å²) >= 11 is 3.43. The zero-order valence-electron chi connectivity index (χ0n) is 12.2. The Kier molecular flexibility index (Phi) is 5.57. The van der Waals surface area contributed by atoms with Crippen LogP contribution in [0.4, 0.5) is 0 Å². The van der Waals surface area contributed by atoms with Gasteiger partial charge in [0.25, 0.3) is 5.91 Å². The molecule has 1 amide bonds. The van der Waals surface area contributed by atoms with Gasteiger partial charge in [-0.3, -0.25) is 9.69 Å². The zero-order valence-corrected chi connectivity index (χ0v) is 13.7. The Morgan fingerprint density at radius 3 is 2.70 bits per heavy atom. The molecule has 0 spiro atoms. The zero-order chi connectivity index (χ0) is 14.5. The van der Waals surface area contributed by atoms with Gasteiger partial charge in [-0.2, -0.15) is 0 Å². The second kappa shape index (κ2) is 7.20. The fourth-order valence-electron chi connectivity index (χ4n) is 2.31. The Morgan fingerprint density at radius 2 is 2.00 bits per heavy atom. The van der Waals surface area contributed by atoms with Gasteiger partial charge in [-0.25, -0.2) is 0 Å². The van der Waals surface area contributed by atoms with Crippen molar-refractivity contribution in [1.82, 2.24) is 15.1 Å². The minimum absolute atomic E-state index is 0.00491. The summed E-state index contributed by atoms with van der Waals surface area (Å²) in [6.45, 7) is 8.00. The fourth-order valence-corrected chi connectivity index (χ4v) is 2.73. The van der Waals surface area contributed by atoms with E-state index in [1.54, 1.807) is 0 Å². The molecule has 1 saturated heterocycles. The van der Waals surface area contributed by atoms with Crippen LogP contribution in [0.15, 0.2) is 22.7 Å². The van der Waals surface area contributed by atoms with E-state index in [0.29, 0.717) is 12.1 Å². The van der Waals surface area contributed by atoms with E-state index in [9.17, 15) is 4.79 Å². The number of nitrogens with one attached hydrogen (secondary N) is 1. The lowest BCUT2D eigenvalue weighted by Gasteiger charge is -2.32. The van der Waals surface area contributed by atoms with Crippen molar-refractivity contribution in [3.05, 3.63) is 33.8 Å². The molecule has 4 nitrogen and oxygen atoms in total. The van der Waals surface area contributed by atoms with Gasteiger partial charge in [-0.05, 0) is 42.0 Å². The molecule has 1 aromatic rings. The van der Waals surface area contributed by atoms with E-state index < -0.39 is 0 Å². The summed E-state index contributed by atoms with van der Waals surface area (Å²) in [5.41, 5.74) is 1.81. The van der Waals surface area contributed by atoms with Crippen LogP contribution in [0.25, 0.3) is 0 Å². The summed E-state index contributed by atoms with van der Waals surface area (Å²) in [6.07, 6.45) is 0. The molecule has 0 aliphatic carbocycles. The molecule has 0 saturated carbocycles. The van der Waals surface area contributed by atoms with Crippen LogP contribution in [0.3, 0.4) is 0 Å². The Balaban J connectivity index is 1.79. The van der Waals surface area contributed by atoms with Gasteiger partial charge in [-0.1, -0.05) is 11.6 Å². The smallest absolute Gasteiger partial charge is 0.252 e. The van der Waals surface area contributed by atoms with Crippen molar-refractivity contribution in [3.63, 3.8) is 0 Å². The first kappa shape index (κ1) is 15.5. The Morgan fingerprint density at radius 1 is 1.30 bits per heavy atom. The van der Waals surface area contributed by atoms with Crippen LogP contribution >= 0.6 is 15.9 Å². The normalized spacial score (nSPS) is 17.1. The largest absolute Gasteiger partial charge is 0.351 e. The van der Waals surface area contributed by atoms with Crippen LogP contribution in [-0.4, -0.2) is 62.0 Å². The van der Waals surface area contributed by atoms with E-state index in [1.807, 2.05) is 25.1 Å². The van der Waals surface area contributed by atoms with Crippen molar-refractivity contribution in [2.75, 3.05) is 46.3 Å². The molecule has 1 aliphatic heterocycles. The van der Waals surface area contributed by atoms with Crippen molar-refractivity contribution in [2.24, 2.45) is 0 Å². The number of carbonyl (C=O) groups is 1. The van der Waals surface area contributed by atoms with Crippen LogP contribution < -0.4 is 5.32 Å². The second-order valence-corrected chi connectivity index (χ2v) is 6.24. The van der Waals surface area contributed by atoms with Crippen LogP contribution in [0.5, 0.6) is 0 Å². The molecule has 110 valence electrons. The first-order chi connectivity index (χ1) is 9.56. The predicted octanol–water partition coefficient (Wildman–Crippen LogP) is 1.73. The van der Waals surface area contributed by atoms with Gasteiger partial charge in [0.05, 0.1) is 5.56 Å². The van der Waals surface area contributed by atoms with Gasteiger partial charge in [-0.15, -0.1) is 0 Å². The van der Waals surface area contributed by atoms with Gasteiger partial charge in [0.1, 0.15) is 0 Å². The molecule has 1 aromatic carbocycles. The van der Waals surface area contributed by atoms with Crippen LogP contribution in [0.2, 0.25) is 0 Å². The third kappa shape index (κ3) is 4.30. The predicted molar refractivity (Wildman–Crippen MR) is 85.1 cm³/mol. The topological polar surface area (TPSA) is 35.6 Å². The molecule has 1 N–H and O–H groups in total. The number of piperazine rings is 1. The number of rotatable bonds is 4. The first-order valence-corrected chi connectivity index (χ1v) is 7.81. The Bertz CT molecular complexity index is 470. The number of halogens is 1. The molecule has 2 rings (SSSR count). The highest BCUT2D eigenvalue weighted by Gasteiger charge is 2.14. The molecular weight excluding hydrogens is 318 g/mol. The quantitative estimate of drug-likeness (QED) is 0.907. The van der Waals surface area contributed by atoms with E-state index in [4.69, 9.17) is 0 Å². The average Bonchev–Trinajstić information content (AvgIpc) is 2.43. The molecule has 0 atom stereocenters. The number of benzene rings is 1. The van der Waals surface area contributed by atoms with Crippen LogP contribution in [-0.2, 0) is 0 Å². The number of carbonyl (C=O) groups excluding carboxylic acids is 1. The van der Waals surface area contributed by atoms with E-state index in [-0.39, 0.29) is 5.91 Å². The van der Waals surface area contributed by atoms with Crippen LogP contribution in [0, 0.1) is 6.92 Å². The molecular formula is C15H22BrN3O. The van der Waals surface area contributed by atoms with E-state index in [1.165, 1.54) is 0 Å². The molecule has 1 heterocycles. The van der Waals surface area contributed by atoms with Crippen molar-refractivity contribution >= 4 is 21.8 Å². The third-order valence-corrected chi connectivity index (χ3v) is 4.37. The highest BCUT2D eigenvalue weighted by atomic mass is 79.9. The SMILES string of the molecule is Cc1ccc(Br)c(C(=O)NCCN2CCN(C)CC2)c1. The maximum atomic E-state index is 12.1. The van der Waals surface area contributed by atoms with Crippen molar-refractivity contribution in [3.8, 4) is 0 Å². The lowest BCUT2D eigenvalue weighted by molar-refractivity contribution is 0.0940. The number of nitrogens with zero attached hydrogens (tertiary/aromatic N) is 2. The lowest BCUT2D eigenvalue weighted by atomic mass is 10.1. The molecule has 20 heavy (non-hydrogen) atoms. The van der Waals surface area contributed by atoms with Gasteiger partial charge < -0.3 is 10.2 Å². The van der Waals surface area contributed by atoms with Crippen LogP contribution in [0.1, 0.15) is 15.9 Å². The van der Waals surface area contributed by atoms with Crippen molar-refractivity contribution in [2.45, 2.75) is 6.92 Å². The Labute approximate surface area is 129 Å². The minimum atomic E-state index is -0.00491. The first-order valence-electron chi connectivity index (χ1n) is 7.01.